The van der Waals surface area contributed by atoms with Gasteiger partial charge >= 0.3 is 5.97 Å². The first-order chi connectivity index (χ1) is 14.2. The van der Waals surface area contributed by atoms with E-state index in [2.05, 4.69) is 10.6 Å². The molecule has 0 saturated carbocycles. The second-order valence-corrected chi connectivity index (χ2v) is 5.87. The van der Waals surface area contributed by atoms with Gasteiger partial charge in [0, 0.05) is 42.1 Å². The molecule has 2 amide bonds. The van der Waals surface area contributed by atoms with Gasteiger partial charge in [0.2, 0.25) is 5.91 Å². The van der Waals surface area contributed by atoms with Crippen LogP contribution in [-0.2, 0) is 19.1 Å². The van der Waals surface area contributed by atoms with Crippen LogP contribution >= 0.6 is 0 Å². The van der Waals surface area contributed by atoms with Crippen molar-refractivity contribution in [3.63, 3.8) is 0 Å². The fraction of sp³-hybridized carbons (Fsp3) is 0.167. The van der Waals surface area contributed by atoms with Gasteiger partial charge in [0.1, 0.15) is 0 Å². The third-order valence-electron chi connectivity index (χ3n) is 3.60. The van der Waals surface area contributed by atoms with Crippen LogP contribution in [0.3, 0.4) is 0 Å². The van der Waals surface area contributed by atoms with E-state index in [1.807, 2.05) is 0 Å². The second kappa shape index (κ2) is 10.3. The molecule has 0 heterocycles. The molecule has 0 aliphatic rings. The number of carbonyl (C=O) groups is 3. The van der Waals surface area contributed by atoms with Crippen LogP contribution in [0.25, 0.3) is 0 Å². The van der Waals surface area contributed by atoms with E-state index in [1.54, 1.807) is 0 Å². The minimum atomic E-state index is -0.807. The van der Waals surface area contributed by atoms with Crippen molar-refractivity contribution in [2.45, 2.75) is 12.8 Å². The van der Waals surface area contributed by atoms with Crippen LogP contribution in [0.2, 0.25) is 0 Å². The SMILES string of the molecule is O=C(CCC(=O)OCC(=O)Nc1cccc([N+](=O)[O-])c1)Nc1cccc([N+](=O)[O-])c1. The van der Waals surface area contributed by atoms with E-state index in [-0.39, 0.29) is 35.6 Å². The predicted molar refractivity (Wildman–Crippen MR) is 104 cm³/mol. The highest BCUT2D eigenvalue weighted by molar-refractivity contribution is 5.94. The van der Waals surface area contributed by atoms with E-state index in [0.29, 0.717) is 0 Å². The van der Waals surface area contributed by atoms with Gasteiger partial charge in [-0.1, -0.05) is 12.1 Å². The van der Waals surface area contributed by atoms with Crippen LogP contribution in [0, 0.1) is 20.2 Å². The molecule has 0 spiro atoms. The van der Waals surface area contributed by atoms with Gasteiger partial charge in [-0.3, -0.25) is 34.6 Å². The number of amides is 2. The molecule has 0 unspecified atom stereocenters. The van der Waals surface area contributed by atoms with E-state index in [9.17, 15) is 34.6 Å². The number of esters is 1. The van der Waals surface area contributed by atoms with Gasteiger partial charge in [-0.05, 0) is 12.1 Å². The van der Waals surface area contributed by atoms with Gasteiger partial charge < -0.3 is 15.4 Å². The molecule has 0 aliphatic carbocycles. The fourth-order valence-corrected chi connectivity index (χ4v) is 2.25. The van der Waals surface area contributed by atoms with Crippen LogP contribution in [0.15, 0.2) is 48.5 Å². The van der Waals surface area contributed by atoms with Crippen LogP contribution in [-0.4, -0.2) is 34.2 Å². The van der Waals surface area contributed by atoms with Crippen molar-refractivity contribution in [2.75, 3.05) is 17.2 Å². The smallest absolute Gasteiger partial charge is 0.306 e. The standard InChI is InChI=1S/C18H16N4O8/c23-16(19-12-3-1-5-14(9-12)21(26)27)7-8-18(25)30-11-17(24)20-13-4-2-6-15(10-13)22(28)29/h1-6,9-10H,7-8,11H2,(H,19,23)(H,20,24). The van der Waals surface area contributed by atoms with Crippen molar-refractivity contribution in [3.8, 4) is 0 Å². The lowest BCUT2D eigenvalue weighted by molar-refractivity contribution is -0.385. The predicted octanol–water partition coefficient (Wildman–Crippen LogP) is 2.40. The highest BCUT2D eigenvalue weighted by atomic mass is 16.6. The number of anilines is 2. The summed E-state index contributed by atoms with van der Waals surface area (Å²) >= 11 is 0. The zero-order valence-electron chi connectivity index (χ0n) is 15.4. The Balaban J connectivity index is 1.74. The van der Waals surface area contributed by atoms with Crippen LogP contribution in [0.4, 0.5) is 22.7 Å². The molecule has 0 atom stereocenters. The zero-order valence-corrected chi connectivity index (χ0v) is 15.4. The minimum Gasteiger partial charge on any atom is -0.456 e. The summed E-state index contributed by atoms with van der Waals surface area (Å²) in [6.07, 6.45) is -0.571. The maximum Gasteiger partial charge on any atom is 0.306 e. The average Bonchev–Trinajstić information content (AvgIpc) is 2.71. The lowest BCUT2D eigenvalue weighted by atomic mass is 10.2. The highest BCUT2D eigenvalue weighted by Crippen LogP contribution is 2.18. The lowest BCUT2D eigenvalue weighted by Gasteiger charge is -2.07. The molecule has 30 heavy (non-hydrogen) atoms. The molecule has 0 aliphatic heterocycles. The molecular weight excluding hydrogens is 400 g/mol. The maximum absolute atomic E-state index is 11.8. The number of hydrogen-bond donors (Lipinski definition) is 2. The maximum atomic E-state index is 11.8. The van der Waals surface area contributed by atoms with Gasteiger partial charge in [0.05, 0.1) is 16.3 Å². The number of non-ortho nitro benzene ring substituents is 2. The average molecular weight is 416 g/mol. The summed E-state index contributed by atoms with van der Waals surface area (Å²) in [5.74, 6) is -2.07. The molecule has 0 saturated heterocycles. The zero-order chi connectivity index (χ0) is 22.1. The topological polar surface area (TPSA) is 171 Å². The molecule has 0 aromatic heterocycles. The van der Waals surface area contributed by atoms with E-state index >= 15 is 0 Å². The van der Waals surface area contributed by atoms with E-state index in [4.69, 9.17) is 4.74 Å². The first-order valence-corrected chi connectivity index (χ1v) is 8.49. The van der Waals surface area contributed by atoms with Gasteiger partial charge in [0.25, 0.3) is 17.3 Å². The van der Waals surface area contributed by atoms with Gasteiger partial charge in [-0.2, -0.15) is 0 Å². The first kappa shape index (κ1) is 21.9. The number of ether oxygens (including phenoxy) is 1. The molecule has 2 N–H and O–H groups in total. The highest BCUT2D eigenvalue weighted by Gasteiger charge is 2.13. The Morgan fingerprint density at radius 2 is 1.30 bits per heavy atom. The summed E-state index contributed by atoms with van der Waals surface area (Å²) in [7, 11) is 0. The summed E-state index contributed by atoms with van der Waals surface area (Å²) in [6, 6.07) is 10.5. The number of benzene rings is 2. The molecule has 0 bridgehead atoms. The number of carbonyl (C=O) groups excluding carboxylic acids is 3. The summed E-state index contributed by atoms with van der Waals surface area (Å²) in [5.41, 5.74) is -0.0259. The first-order valence-electron chi connectivity index (χ1n) is 8.49. The quantitative estimate of drug-likeness (QED) is 0.356. The number of rotatable bonds is 9. The largest absolute Gasteiger partial charge is 0.456 e. The number of hydrogen-bond acceptors (Lipinski definition) is 8. The van der Waals surface area contributed by atoms with Crippen molar-refractivity contribution in [1.82, 2.24) is 0 Å². The third kappa shape index (κ3) is 6.99. The van der Waals surface area contributed by atoms with Crippen molar-refractivity contribution in [3.05, 3.63) is 68.8 Å². The molecule has 2 rings (SSSR count). The molecule has 0 radical (unpaired) electrons. The fourth-order valence-electron chi connectivity index (χ4n) is 2.25. The number of nitro groups is 2. The molecule has 0 fully saturated rings. The monoisotopic (exact) mass is 416 g/mol. The molecule has 12 nitrogen and oxygen atoms in total. The van der Waals surface area contributed by atoms with Crippen molar-refractivity contribution in [1.29, 1.82) is 0 Å². The van der Waals surface area contributed by atoms with Gasteiger partial charge in [-0.15, -0.1) is 0 Å². The van der Waals surface area contributed by atoms with Gasteiger partial charge in [-0.25, -0.2) is 0 Å². The van der Waals surface area contributed by atoms with Crippen molar-refractivity contribution in [2.24, 2.45) is 0 Å². The van der Waals surface area contributed by atoms with Crippen LogP contribution in [0.1, 0.15) is 12.8 Å². The van der Waals surface area contributed by atoms with Crippen molar-refractivity contribution >= 4 is 40.5 Å². The summed E-state index contributed by atoms with van der Waals surface area (Å²) in [5, 5.41) is 26.2. The Morgan fingerprint density at radius 1 is 0.800 bits per heavy atom. The molecule has 156 valence electrons. The van der Waals surface area contributed by atoms with Crippen LogP contribution < -0.4 is 10.6 Å². The molecule has 2 aromatic carbocycles. The summed E-state index contributed by atoms with van der Waals surface area (Å²) in [4.78, 5) is 55.5. The molecular formula is C18H16N4O8. The molecule has 12 heteroatoms. The third-order valence-corrected chi connectivity index (χ3v) is 3.60. The van der Waals surface area contributed by atoms with Crippen LogP contribution in [0.5, 0.6) is 0 Å². The Morgan fingerprint density at radius 3 is 1.80 bits per heavy atom. The Labute approximate surface area is 169 Å². The second-order valence-electron chi connectivity index (χ2n) is 5.87. The number of nitrogens with one attached hydrogen (secondary N) is 2. The molecule has 2 aromatic rings. The summed E-state index contributed by atoms with van der Waals surface area (Å²) in [6.45, 7) is -0.631. The van der Waals surface area contributed by atoms with E-state index < -0.39 is 34.2 Å². The lowest BCUT2D eigenvalue weighted by Crippen LogP contribution is -2.21. The normalized spacial score (nSPS) is 10.0. The number of nitrogens with zero attached hydrogens (tertiary/aromatic N) is 2. The van der Waals surface area contributed by atoms with E-state index in [0.717, 1.165) is 6.07 Å². The Kier molecular flexibility index (Phi) is 7.51. The van der Waals surface area contributed by atoms with Crippen molar-refractivity contribution < 1.29 is 29.0 Å². The minimum absolute atomic E-state index is 0.168. The van der Waals surface area contributed by atoms with E-state index in [1.165, 1.54) is 42.5 Å². The Hall–Kier alpha value is -4.35. The number of nitro benzene ring substituents is 2. The summed E-state index contributed by atoms with van der Waals surface area (Å²) < 4.78 is 4.75. The van der Waals surface area contributed by atoms with Gasteiger partial charge in [0.15, 0.2) is 6.61 Å². The Bertz CT molecular complexity index is 914.